The van der Waals surface area contributed by atoms with Gasteiger partial charge in [-0.3, -0.25) is 15.1 Å². The van der Waals surface area contributed by atoms with Crippen molar-refractivity contribution in [1.82, 2.24) is 15.2 Å². The van der Waals surface area contributed by atoms with Gasteiger partial charge in [0.25, 0.3) is 0 Å². The molecule has 0 aliphatic carbocycles. The van der Waals surface area contributed by atoms with E-state index < -0.39 is 0 Å². The Morgan fingerprint density at radius 3 is 2.71 bits per heavy atom. The Kier molecular flexibility index (Phi) is 3.82. The van der Waals surface area contributed by atoms with Crippen LogP contribution in [-0.4, -0.2) is 34.9 Å². The summed E-state index contributed by atoms with van der Waals surface area (Å²) < 4.78 is 0. The molecule has 2 aliphatic heterocycles. The molecule has 2 saturated heterocycles. The smallest absolute Gasteiger partial charge is 0.242 e. The van der Waals surface area contributed by atoms with Gasteiger partial charge in [-0.05, 0) is 54.7 Å². The molecular weight excluding hydrogens is 322 g/mol. The zero-order valence-electron chi connectivity index (χ0n) is 13.6. The van der Waals surface area contributed by atoms with E-state index in [1.807, 2.05) is 48.5 Å². The topological polar surface area (TPSA) is 45.2 Å². The van der Waals surface area contributed by atoms with E-state index in [1.165, 1.54) is 0 Å². The highest BCUT2D eigenvalue weighted by atomic mass is 35.5. The highest BCUT2D eigenvalue weighted by Crippen LogP contribution is 2.39. The van der Waals surface area contributed by atoms with Crippen LogP contribution in [-0.2, 0) is 4.79 Å². The zero-order chi connectivity index (χ0) is 16.7. The number of amides is 1. The molecule has 2 aliphatic rings. The van der Waals surface area contributed by atoms with E-state index in [1.54, 1.807) is 0 Å². The van der Waals surface area contributed by atoms with Gasteiger partial charge in [0, 0.05) is 24.8 Å². The van der Waals surface area contributed by atoms with Gasteiger partial charge in [-0.2, -0.15) is 0 Å². The van der Waals surface area contributed by atoms with Crippen molar-refractivity contribution < 1.29 is 4.79 Å². The quantitative estimate of drug-likeness (QED) is 0.910. The van der Waals surface area contributed by atoms with Crippen LogP contribution in [0.25, 0.3) is 11.1 Å². The van der Waals surface area contributed by atoms with Gasteiger partial charge in [0.1, 0.15) is 5.54 Å². The van der Waals surface area contributed by atoms with E-state index in [4.69, 9.17) is 11.6 Å². The molecule has 24 heavy (non-hydrogen) atoms. The average molecular weight is 342 g/mol. The van der Waals surface area contributed by atoms with Gasteiger partial charge < -0.3 is 4.90 Å². The molecule has 0 saturated carbocycles. The SMILES string of the molecule is CN1CC[C@@]2(CC[C@H](c3cc(-c4ccc(Cl)cc4)ccn3)N2)C1=O. The van der Waals surface area contributed by atoms with Crippen LogP contribution >= 0.6 is 11.6 Å². The number of aromatic nitrogens is 1. The van der Waals surface area contributed by atoms with Crippen molar-refractivity contribution in [1.29, 1.82) is 0 Å². The first-order chi connectivity index (χ1) is 11.6. The molecule has 1 spiro atoms. The number of hydrogen-bond donors (Lipinski definition) is 1. The summed E-state index contributed by atoms with van der Waals surface area (Å²) in [5, 5.41) is 4.31. The number of nitrogens with zero attached hydrogens (tertiary/aromatic N) is 2. The molecule has 1 amide bonds. The second-order valence-corrected chi connectivity index (χ2v) is 7.21. The summed E-state index contributed by atoms with van der Waals surface area (Å²) in [6, 6.07) is 12.1. The van der Waals surface area contributed by atoms with Crippen LogP contribution in [0.1, 0.15) is 31.0 Å². The normalized spacial score (nSPS) is 26.5. The Bertz CT molecular complexity index is 776. The van der Waals surface area contributed by atoms with Crippen molar-refractivity contribution in [3.05, 3.63) is 53.3 Å². The predicted octanol–water partition coefficient (Wildman–Crippen LogP) is 3.43. The fourth-order valence-electron chi connectivity index (χ4n) is 3.85. The van der Waals surface area contributed by atoms with Gasteiger partial charge in [-0.1, -0.05) is 23.7 Å². The van der Waals surface area contributed by atoms with Gasteiger partial charge in [0.15, 0.2) is 0 Å². The summed E-state index contributed by atoms with van der Waals surface area (Å²) in [6.45, 7) is 0.830. The van der Waals surface area contributed by atoms with Crippen LogP contribution in [0.5, 0.6) is 0 Å². The number of hydrogen-bond acceptors (Lipinski definition) is 3. The average Bonchev–Trinajstić information content (AvgIpc) is 3.16. The maximum atomic E-state index is 12.5. The molecule has 4 rings (SSSR count). The van der Waals surface area contributed by atoms with E-state index >= 15 is 0 Å². The number of benzene rings is 1. The number of carbonyl (C=O) groups excluding carboxylic acids is 1. The molecule has 2 atom stereocenters. The number of halogens is 1. The van der Waals surface area contributed by atoms with Crippen molar-refractivity contribution in [2.45, 2.75) is 30.8 Å². The fourth-order valence-corrected chi connectivity index (χ4v) is 3.98. The summed E-state index contributed by atoms with van der Waals surface area (Å²) >= 11 is 5.97. The Morgan fingerprint density at radius 1 is 1.21 bits per heavy atom. The molecule has 124 valence electrons. The Balaban J connectivity index is 1.59. The maximum Gasteiger partial charge on any atom is 0.242 e. The summed E-state index contributed by atoms with van der Waals surface area (Å²) in [7, 11) is 1.88. The van der Waals surface area contributed by atoms with E-state index in [0.29, 0.717) is 0 Å². The number of nitrogens with one attached hydrogen (secondary N) is 1. The fraction of sp³-hybridized carbons (Fsp3) is 0.368. The third kappa shape index (κ3) is 2.60. The van der Waals surface area contributed by atoms with Crippen LogP contribution in [0.4, 0.5) is 0 Å². The molecule has 3 heterocycles. The lowest BCUT2D eigenvalue weighted by Crippen LogP contribution is -2.47. The molecule has 4 nitrogen and oxygen atoms in total. The van der Waals surface area contributed by atoms with Crippen LogP contribution in [0, 0.1) is 0 Å². The maximum absolute atomic E-state index is 12.5. The van der Waals surface area contributed by atoms with E-state index in [0.717, 1.165) is 47.7 Å². The molecule has 2 fully saturated rings. The number of carbonyl (C=O) groups is 1. The minimum atomic E-state index is -0.378. The van der Waals surface area contributed by atoms with Crippen LogP contribution in [0.15, 0.2) is 42.6 Å². The molecular formula is C19H20ClN3O. The second-order valence-electron chi connectivity index (χ2n) is 6.77. The Hall–Kier alpha value is -1.91. The molecule has 0 radical (unpaired) electrons. The molecule has 1 N–H and O–H groups in total. The summed E-state index contributed by atoms with van der Waals surface area (Å²) in [6.07, 6.45) is 4.55. The monoisotopic (exact) mass is 341 g/mol. The Morgan fingerprint density at radius 2 is 2.00 bits per heavy atom. The molecule has 0 bridgehead atoms. The number of pyridine rings is 1. The van der Waals surface area contributed by atoms with Gasteiger partial charge in [0.05, 0.1) is 11.7 Å². The first-order valence-corrected chi connectivity index (χ1v) is 8.70. The summed E-state index contributed by atoms with van der Waals surface area (Å²) in [5.74, 6) is 0.221. The standard InChI is InChI=1S/C19H20ClN3O/c1-23-11-9-19(18(23)24)8-6-16(22-19)17-12-14(7-10-21-17)13-2-4-15(20)5-3-13/h2-5,7,10,12,16,22H,6,8-9,11H2,1H3/t16-,19+/m1/s1. The number of rotatable bonds is 2. The minimum absolute atomic E-state index is 0.132. The van der Waals surface area contributed by atoms with Crippen LogP contribution in [0.2, 0.25) is 5.02 Å². The van der Waals surface area contributed by atoms with Gasteiger partial charge in [-0.25, -0.2) is 0 Å². The van der Waals surface area contributed by atoms with Crippen LogP contribution < -0.4 is 5.32 Å². The van der Waals surface area contributed by atoms with Crippen LogP contribution in [0.3, 0.4) is 0 Å². The lowest BCUT2D eigenvalue weighted by Gasteiger charge is -2.23. The van der Waals surface area contributed by atoms with Crippen molar-refractivity contribution in [3.63, 3.8) is 0 Å². The third-order valence-corrected chi connectivity index (χ3v) is 5.51. The first kappa shape index (κ1) is 15.6. The van der Waals surface area contributed by atoms with Crippen molar-refractivity contribution in [3.8, 4) is 11.1 Å². The number of likely N-dealkylation sites (tertiary alicyclic amines) is 1. The van der Waals surface area contributed by atoms with E-state index in [2.05, 4.69) is 16.4 Å². The van der Waals surface area contributed by atoms with Gasteiger partial charge in [-0.15, -0.1) is 0 Å². The van der Waals surface area contributed by atoms with Gasteiger partial charge in [0.2, 0.25) is 5.91 Å². The van der Waals surface area contributed by atoms with Crippen molar-refractivity contribution in [2.24, 2.45) is 0 Å². The molecule has 2 aromatic rings. The van der Waals surface area contributed by atoms with E-state index in [-0.39, 0.29) is 17.5 Å². The lowest BCUT2D eigenvalue weighted by molar-refractivity contribution is -0.131. The highest BCUT2D eigenvalue weighted by molar-refractivity contribution is 6.30. The van der Waals surface area contributed by atoms with Gasteiger partial charge >= 0.3 is 0 Å². The lowest BCUT2D eigenvalue weighted by atomic mass is 9.96. The molecule has 0 unspecified atom stereocenters. The minimum Gasteiger partial charge on any atom is -0.344 e. The summed E-state index contributed by atoms with van der Waals surface area (Å²) in [5.41, 5.74) is 2.86. The Labute approximate surface area is 146 Å². The molecule has 1 aromatic carbocycles. The zero-order valence-corrected chi connectivity index (χ0v) is 14.4. The number of likely N-dealkylation sites (N-methyl/N-ethyl adjacent to an activating group) is 1. The second kappa shape index (κ2) is 5.87. The largest absolute Gasteiger partial charge is 0.344 e. The van der Waals surface area contributed by atoms with Crippen molar-refractivity contribution >= 4 is 17.5 Å². The third-order valence-electron chi connectivity index (χ3n) is 5.26. The first-order valence-electron chi connectivity index (χ1n) is 8.33. The predicted molar refractivity (Wildman–Crippen MR) is 94.8 cm³/mol. The van der Waals surface area contributed by atoms with Crippen molar-refractivity contribution in [2.75, 3.05) is 13.6 Å². The molecule has 5 heteroatoms. The van der Waals surface area contributed by atoms with E-state index in [9.17, 15) is 4.79 Å². The molecule has 1 aromatic heterocycles. The summed E-state index contributed by atoms with van der Waals surface area (Å²) in [4.78, 5) is 18.8. The highest BCUT2D eigenvalue weighted by Gasteiger charge is 2.50.